The molecule has 6 heteroatoms. The normalized spacial score (nSPS) is 20.7. The summed E-state index contributed by atoms with van der Waals surface area (Å²) in [6, 6.07) is 11.8. The highest BCUT2D eigenvalue weighted by molar-refractivity contribution is 6.11. The number of benzene rings is 2. The molecule has 0 aliphatic carbocycles. The SMILES string of the molecule is CC(C)N1C(=O)[C@@](O)(CC(=O)c2ccc3c(c2)OCCO3)c2ccccc21. The molecule has 4 rings (SSSR count). The number of hydrogen-bond donors (Lipinski definition) is 1. The molecule has 1 N–H and O–H groups in total. The Hall–Kier alpha value is -2.86. The van der Waals surface area contributed by atoms with Crippen LogP contribution in [0.2, 0.25) is 0 Å². The van der Waals surface area contributed by atoms with Crippen LogP contribution in [0, 0.1) is 0 Å². The van der Waals surface area contributed by atoms with E-state index in [2.05, 4.69) is 0 Å². The minimum Gasteiger partial charge on any atom is -0.486 e. The first kappa shape index (κ1) is 17.5. The third kappa shape index (κ3) is 2.77. The third-order valence-electron chi connectivity index (χ3n) is 4.98. The number of carbonyl (C=O) groups excluding carboxylic acids is 2. The summed E-state index contributed by atoms with van der Waals surface area (Å²) in [5.74, 6) is 0.290. The number of ether oxygens (including phenoxy) is 2. The van der Waals surface area contributed by atoms with Gasteiger partial charge in [-0.3, -0.25) is 9.59 Å². The van der Waals surface area contributed by atoms with E-state index in [1.54, 1.807) is 41.3 Å². The van der Waals surface area contributed by atoms with E-state index >= 15 is 0 Å². The highest BCUT2D eigenvalue weighted by Crippen LogP contribution is 2.44. The highest BCUT2D eigenvalue weighted by atomic mass is 16.6. The van der Waals surface area contributed by atoms with E-state index in [1.807, 2.05) is 19.9 Å². The number of para-hydroxylation sites is 1. The number of amides is 1. The van der Waals surface area contributed by atoms with E-state index in [0.29, 0.717) is 41.5 Å². The first-order valence-corrected chi connectivity index (χ1v) is 9.00. The second-order valence-electron chi connectivity index (χ2n) is 7.10. The smallest absolute Gasteiger partial charge is 0.264 e. The molecule has 0 radical (unpaired) electrons. The number of rotatable bonds is 4. The van der Waals surface area contributed by atoms with Gasteiger partial charge in [0.25, 0.3) is 5.91 Å². The third-order valence-corrected chi connectivity index (χ3v) is 4.98. The van der Waals surface area contributed by atoms with Gasteiger partial charge in [0.15, 0.2) is 22.9 Å². The van der Waals surface area contributed by atoms with Crippen LogP contribution in [0.1, 0.15) is 36.2 Å². The lowest BCUT2D eigenvalue weighted by molar-refractivity contribution is -0.136. The number of carbonyl (C=O) groups is 2. The molecular weight excluding hydrogens is 346 g/mol. The zero-order valence-electron chi connectivity index (χ0n) is 15.3. The van der Waals surface area contributed by atoms with E-state index in [9.17, 15) is 14.7 Å². The fourth-order valence-corrected chi connectivity index (χ4v) is 3.69. The number of nitrogens with zero attached hydrogens (tertiary/aromatic N) is 1. The molecule has 2 aromatic carbocycles. The summed E-state index contributed by atoms with van der Waals surface area (Å²) >= 11 is 0. The van der Waals surface area contributed by atoms with Gasteiger partial charge in [-0.15, -0.1) is 0 Å². The summed E-state index contributed by atoms with van der Waals surface area (Å²) in [5, 5.41) is 11.2. The second-order valence-corrected chi connectivity index (χ2v) is 7.10. The molecule has 0 saturated heterocycles. The molecule has 2 aromatic rings. The molecule has 0 aromatic heterocycles. The lowest BCUT2D eigenvalue weighted by Gasteiger charge is -2.25. The molecule has 0 fully saturated rings. The Morgan fingerprint density at radius 2 is 1.85 bits per heavy atom. The molecule has 27 heavy (non-hydrogen) atoms. The van der Waals surface area contributed by atoms with E-state index < -0.39 is 11.5 Å². The topological polar surface area (TPSA) is 76.1 Å². The maximum Gasteiger partial charge on any atom is 0.264 e. The van der Waals surface area contributed by atoms with E-state index in [0.717, 1.165) is 0 Å². The quantitative estimate of drug-likeness (QED) is 0.841. The van der Waals surface area contributed by atoms with Gasteiger partial charge in [-0.25, -0.2) is 0 Å². The molecule has 0 saturated carbocycles. The zero-order valence-corrected chi connectivity index (χ0v) is 15.3. The first-order chi connectivity index (χ1) is 12.9. The van der Waals surface area contributed by atoms with E-state index in [1.165, 1.54) is 0 Å². The van der Waals surface area contributed by atoms with Crippen LogP contribution in [0.3, 0.4) is 0 Å². The first-order valence-electron chi connectivity index (χ1n) is 9.00. The van der Waals surface area contributed by atoms with Crippen molar-refractivity contribution in [2.45, 2.75) is 31.9 Å². The Kier molecular flexibility index (Phi) is 4.15. The summed E-state index contributed by atoms with van der Waals surface area (Å²) in [6.07, 6.45) is -0.328. The lowest BCUT2D eigenvalue weighted by atomic mass is 9.88. The summed E-state index contributed by atoms with van der Waals surface area (Å²) < 4.78 is 11.0. The largest absolute Gasteiger partial charge is 0.486 e. The fourth-order valence-electron chi connectivity index (χ4n) is 3.69. The summed E-state index contributed by atoms with van der Waals surface area (Å²) in [6.45, 7) is 4.65. The van der Waals surface area contributed by atoms with Crippen molar-refractivity contribution >= 4 is 17.4 Å². The van der Waals surface area contributed by atoms with Crippen molar-refractivity contribution in [1.82, 2.24) is 0 Å². The van der Waals surface area contributed by atoms with Crippen molar-refractivity contribution in [2.24, 2.45) is 0 Å². The molecule has 0 bridgehead atoms. The van der Waals surface area contributed by atoms with Gasteiger partial charge < -0.3 is 19.5 Å². The summed E-state index contributed by atoms with van der Waals surface area (Å²) in [4.78, 5) is 27.4. The molecule has 1 amide bonds. The summed E-state index contributed by atoms with van der Waals surface area (Å²) in [5.41, 5.74) is -0.379. The van der Waals surface area contributed by atoms with Gasteiger partial charge in [-0.1, -0.05) is 18.2 Å². The fraction of sp³-hybridized carbons (Fsp3) is 0.333. The number of Topliss-reactive ketones (excluding diaryl/α,β-unsaturated/α-hetero) is 1. The number of fused-ring (bicyclic) bond motifs is 2. The molecule has 2 aliphatic rings. The molecule has 140 valence electrons. The standard InChI is InChI=1S/C21H21NO5/c1-13(2)22-16-6-4-3-5-15(16)21(25,20(22)24)12-17(23)14-7-8-18-19(11-14)27-10-9-26-18/h3-8,11,13,25H,9-10,12H2,1-2H3/t21-/m1/s1. The van der Waals surface area contributed by atoms with Gasteiger partial charge >= 0.3 is 0 Å². The molecule has 6 nitrogen and oxygen atoms in total. The maximum absolute atomic E-state index is 13.0. The number of hydrogen-bond acceptors (Lipinski definition) is 5. The van der Waals surface area contributed by atoms with Gasteiger partial charge in [0.2, 0.25) is 0 Å². The van der Waals surface area contributed by atoms with Gasteiger partial charge in [-0.2, -0.15) is 0 Å². The van der Waals surface area contributed by atoms with Crippen molar-refractivity contribution in [1.29, 1.82) is 0 Å². The van der Waals surface area contributed by atoms with Crippen LogP contribution >= 0.6 is 0 Å². The van der Waals surface area contributed by atoms with Crippen LogP contribution in [-0.4, -0.2) is 36.1 Å². The van der Waals surface area contributed by atoms with Crippen molar-refractivity contribution in [3.63, 3.8) is 0 Å². The predicted octanol–water partition coefficient (Wildman–Crippen LogP) is 2.67. The average Bonchev–Trinajstić information content (AvgIpc) is 2.89. The molecule has 2 aliphatic heterocycles. The van der Waals surface area contributed by atoms with Crippen LogP contribution < -0.4 is 14.4 Å². The van der Waals surface area contributed by atoms with Crippen molar-refractivity contribution in [3.05, 3.63) is 53.6 Å². The molecule has 0 spiro atoms. The number of aliphatic hydroxyl groups is 1. The van der Waals surface area contributed by atoms with E-state index in [4.69, 9.17) is 9.47 Å². The van der Waals surface area contributed by atoms with Crippen LogP contribution in [0.5, 0.6) is 11.5 Å². The number of anilines is 1. The predicted molar refractivity (Wildman–Crippen MR) is 99.3 cm³/mol. The van der Waals surface area contributed by atoms with E-state index in [-0.39, 0.29) is 18.2 Å². The minimum absolute atomic E-state index is 0.128. The Morgan fingerprint density at radius 1 is 1.15 bits per heavy atom. The molecule has 1 atom stereocenters. The van der Waals surface area contributed by atoms with Gasteiger partial charge in [0, 0.05) is 17.2 Å². The molecule has 2 heterocycles. The Bertz CT molecular complexity index is 923. The Morgan fingerprint density at radius 3 is 2.59 bits per heavy atom. The summed E-state index contributed by atoms with van der Waals surface area (Å²) in [7, 11) is 0. The van der Waals surface area contributed by atoms with Crippen LogP contribution in [0.4, 0.5) is 5.69 Å². The van der Waals surface area contributed by atoms with Gasteiger partial charge in [0.05, 0.1) is 12.1 Å². The van der Waals surface area contributed by atoms with Gasteiger partial charge in [0.1, 0.15) is 13.2 Å². The van der Waals surface area contributed by atoms with Crippen molar-refractivity contribution in [2.75, 3.05) is 18.1 Å². The van der Waals surface area contributed by atoms with Crippen LogP contribution in [-0.2, 0) is 10.4 Å². The number of ketones is 1. The van der Waals surface area contributed by atoms with Crippen molar-refractivity contribution < 1.29 is 24.2 Å². The Labute approximate surface area is 157 Å². The second kappa shape index (κ2) is 6.39. The van der Waals surface area contributed by atoms with Gasteiger partial charge in [-0.05, 0) is 38.1 Å². The zero-order chi connectivity index (χ0) is 19.2. The molecule has 0 unspecified atom stereocenters. The lowest BCUT2D eigenvalue weighted by Crippen LogP contribution is -2.44. The molecular formula is C21H21NO5. The monoisotopic (exact) mass is 367 g/mol. The average molecular weight is 367 g/mol. The highest BCUT2D eigenvalue weighted by Gasteiger charge is 2.51. The van der Waals surface area contributed by atoms with Crippen LogP contribution in [0.15, 0.2) is 42.5 Å². The minimum atomic E-state index is -1.87. The maximum atomic E-state index is 13.0. The van der Waals surface area contributed by atoms with Crippen molar-refractivity contribution in [3.8, 4) is 11.5 Å². The van der Waals surface area contributed by atoms with Crippen LogP contribution in [0.25, 0.3) is 0 Å². The Balaban J connectivity index is 1.67.